The first kappa shape index (κ1) is 52.6. The van der Waals surface area contributed by atoms with Crippen LogP contribution in [-0.4, -0.2) is 36.4 Å². The van der Waals surface area contributed by atoms with E-state index in [0.717, 1.165) is 32.1 Å². The Bertz CT molecular complexity index is 780. The minimum Gasteiger partial charge on any atom is -0.463 e. The zero-order valence-corrected chi connectivity index (χ0v) is 36.5. The molecule has 0 aliphatic rings. The first-order chi connectivity index (χ1) is 26.6. The van der Waals surface area contributed by atoms with E-state index in [1.165, 1.54) is 212 Å². The summed E-state index contributed by atoms with van der Waals surface area (Å²) in [4.78, 5) is 24.1. The van der Waals surface area contributed by atoms with E-state index in [1.807, 2.05) is 0 Å². The van der Waals surface area contributed by atoms with Crippen molar-refractivity contribution in [2.24, 2.45) is 0 Å². The number of aliphatic hydroxyl groups excluding tert-OH is 1. The molecular weight excluding hydrogens is 669 g/mol. The van der Waals surface area contributed by atoms with Crippen LogP contribution in [0.3, 0.4) is 0 Å². The van der Waals surface area contributed by atoms with Crippen LogP contribution in [0.1, 0.15) is 271 Å². The maximum atomic E-state index is 12.0. The smallest absolute Gasteiger partial charge is 0.305 e. The summed E-state index contributed by atoms with van der Waals surface area (Å²) in [6.07, 6.45) is 54.3. The number of carbonyl (C=O) groups excluding carboxylic acids is 2. The highest BCUT2D eigenvalue weighted by Crippen LogP contribution is 2.16. The molecule has 0 aromatic heterocycles. The van der Waals surface area contributed by atoms with Crippen molar-refractivity contribution in [3.8, 4) is 0 Å². The van der Waals surface area contributed by atoms with Gasteiger partial charge in [-0.2, -0.15) is 0 Å². The highest BCUT2D eigenvalue weighted by Gasteiger charge is 2.12. The average Bonchev–Trinajstić information content (AvgIpc) is 3.17. The lowest BCUT2D eigenvalue weighted by molar-refractivity contribution is -0.152. The molecule has 5 nitrogen and oxygen atoms in total. The van der Waals surface area contributed by atoms with Gasteiger partial charge in [0.25, 0.3) is 0 Å². The van der Waals surface area contributed by atoms with Crippen molar-refractivity contribution in [2.45, 2.75) is 277 Å². The molecule has 320 valence electrons. The van der Waals surface area contributed by atoms with E-state index < -0.39 is 6.10 Å². The number of esters is 2. The lowest BCUT2D eigenvalue weighted by atomic mass is 10.0. The predicted molar refractivity (Wildman–Crippen MR) is 233 cm³/mol. The number of unbranched alkanes of at least 4 members (excludes halogenated alkanes) is 35. The molecule has 0 heterocycles. The van der Waals surface area contributed by atoms with Crippen LogP contribution >= 0.6 is 0 Å². The third-order valence-electron chi connectivity index (χ3n) is 11.0. The van der Waals surface area contributed by atoms with Crippen molar-refractivity contribution in [1.29, 1.82) is 0 Å². The Hall–Kier alpha value is -1.36. The van der Waals surface area contributed by atoms with Gasteiger partial charge in [0.2, 0.25) is 0 Å². The number of rotatable bonds is 45. The van der Waals surface area contributed by atoms with Crippen molar-refractivity contribution in [1.82, 2.24) is 0 Å². The van der Waals surface area contributed by atoms with Crippen LogP contribution in [0.5, 0.6) is 0 Å². The van der Waals surface area contributed by atoms with Crippen molar-refractivity contribution in [2.75, 3.05) is 13.2 Å². The lowest BCUT2D eigenvalue weighted by Crippen LogP contribution is -2.25. The van der Waals surface area contributed by atoms with Gasteiger partial charge in [-0.1, -0.05) is 231 Å². The number of allylic oxidation sites excluding steroid dienone is 2. The van der Waals surface area contributed by atoms with Crippen LogP contribution in [0, 0.1) is 0 Å². The van der Waals surface area contributed by atoms with Crippen LogP contribution in [0.4, 0.5) is 0 Å². The third-order valence-corrected chi connectivity index (χ3v) is 11.0. The second kappa shape index (κ2) is 46.0. The molecule has 0 fully saturated rings. The molecule has 0 aromatic rings. The molecule has 54 heavy (non-hydrogen) atoms. The Morgan fingerprint density at radius 1 is 0.370 bits per heavy atom. The summed E-state index contributed by atoms with van der Waals surface area (Å²) < 4.78 is 10.4. The van der Waals surface area contributed by atoms with Gasteiger partial charge in [-0.3, -0.25) is 9.59 Å². The number of hydrogen-bond donors (Lipinski definition) is 1. The number of aliphatic hydroxyl groups is 1. The van der Waals surface area contributed by atoms with Gasteiger partial charge in [-0.15, -0.1) is 0 Å². The van der Waals surface area contributed by atoms with E-state index in [0.29, 0.717) is 12.8 Å². The molecule has 5 heteroatoms. The number of hydrogen-bond acceptors (Lipinski definition) is 5. The normalized spacial score (nSPS) is 12.1. The van der Waals surface area contributed by atoms with Gasteiger partial charge < -0.3 is 14.6 Å². The van der Waals surface area contributed by atoms with Gasteiger partial charge in [0.1, 0.15) is 19.3 Å². The van der Waals surface area contributed by atoms with E-state index in [4.69, 9.17) is 9.47 Å². The second-order valence-corrected chi connectivity index (χ2v) is 16.6. The molecule has 0 saturated heterocycles. The molecular formula is C49H94O5. The zero-order chi connectivity index (χ0) is 39.3. The van der Waals surface area contributed by atoms with E-state index in [9.17, 15) is 14.7 Å². The summed E-state index contributed by atoms with van der Waals surface area (Å²) >= 11 is 0. The highest BCUT2D eigenvalue weighted by atomic mass is 16.6. The van der Waals surface area contributed by atoms with E-state index >= 15 is 0 Å². The minimum absolute atomic E-state index is 0.110. The van der Waals surface area contributed by atoms with Gasteiger partial charge in [-0.05, 0) is 38.5 Å². The van der Waals surface area contributed by atoms with Crippen molar-refractivity contribution in [3.05, 3.63) is 12.2 Å². The zero-order valence-electron chi connectivity index (χ0n) is 36.5. The molecule has 0 spiro atoms. The molecule has 0 radical (unpaired) electrons. The Balaban J connectivity index is 3.36. The molecule has 0 aliphatic carbocycles. The van der Waals surface area contributed by atoms with Gasteiger partial charge in [0, 0.05) is 12.8 Å². The molecule has 0 rings (SSSR count). The Morgan fingerprint density at radius 2 is 0.593 bits per heavy atom. The Kier molecular flexibility index (Phi) is 44.9. The van der Waals surface area contributed by atoms with Crippen LogP contribution in [0.25, 0.3) is 0 Å². The molecule has 0 bridgehead atoms. The molecule has 0 saturated carbocycles. The quantitative estimate of drug-likeness (QED) is 0.0380. The summed E-state index contributed by atoms with van der Waals surface area (Å²) in [5.41, 5.74) is 0. The topological polar surface area (TPSA) is 72.8 Å². The molecule has 0 aromatic carbocycles. The number of carbonyl (C=O) groups is 2. The standard InChI is InChI=1S/C49H94O5/c1-3-5-7-9-11-13-15-17-19-21-23-24-26-28-30-32-34-36-38-40-42-44-49(52)54-46-47(50)45-53-48(51)43-41-39-37-35-33-31-29-27-25-22-20-18-16-14-12-10-8-6-4-2/h18,20,47,50H,3-17,19,21-46H2,1-2H3/b20-18-/t47-/m0/s1. The van der Waals surface area contributed by atoms with E-state index in [1.54, 1.807) is 0 Å². The first-order valence-corrected chi connectivity index (χ1v) is 24.2. The van der Waals surface area contributed by atoms with Gasteiger partial charge in [0.05, 0.1) is 0 Å². The average molecular weight is 763 g/mol. The van der Waals surface area contributed by atoms with Gasteiger partial charge in [-0.25, -0.2) is 0 Å². The maximum absolute atomic E-state index is 12.0. The minimum atomic E-state index is -0.959. The van der Waals surface area contributed by atoms with Crippen molar-refractivity contribution in [3.63, 3.8) is 0 Å². The molecule has 1 N–H and O–H groups in total. The fraction of sp³-hybridized carbons (Fsp3) is 0.918. The highest BCUT2D eigenvalue weighted by molar-refractivity contribution is 5.69. The molecule has 0 unspecified atom stereocenters. The summed E-state index contributed by atoms with van der Waals surface area (Å²) in [6, 6.07) is 0. The Labute approximate surface area is 337 Å². The largest absolute Gasteiger partial charge is 0.463 e. The molecule has 1 atom stereocenters. The van der Waals surface area contributed by atoms with E-state index in [-0.39, 0.29) is 25.2 Å². The maximum Gasteiger partial charge on any atom is 0.305 e. The van der Waals surface area contributed by atoms with E-state index in [2.05, 4.69) is 26.0 Å². The third kappa shape index (κ3) is 45.0. The SMILES string of the molecule is CCCCCCCC/C=C\CCCCCCCCCCCC(=O)OC[C@H](O)COC(=O)CCCCCCCCCCCCCCCCCCCCCCC. The predicted octanol–water partition coefficient (Wildman–Crippen LogP) is 15.6. The number of ether oxygens (including phenoxy) is 2. The van der Waals surface area contributed by atoms with Gasteiger partial charge in [0.15, 0.2) is 0 Å². The second-order valence-electron chi connectivity index (χ2n) is 16.6. The monoisotopic (exact) mass is 763 g/mol. The van der Waals surface area contributed by atoms with Crippen LogP contribution < -0.4 is 0 Å². The van der Waals surface area contributed by atoms with Crippen LogP contribution in [0.15, 0.2) is 12.2 Å². The fourth-order valence-corrected chi connectivity index (χ4v) is 7.32. The summed E-state index contributed by atoms with van der Waals surface area (Å²) in [6.45, 7) is 4.34. The molecule has 0 aliphatic heterocycles. The Morgan fingerprint density at radius 3 is 0.852 bits per heavy atom. The molecule has 0 amide bonds. The van der Waals surface area contributed by atoms with Crippen LogP contribution in [-0.2, 0) is 19.1 Å². The fourth-order valence-electron chi connectivity index (χ4n) is 7.32. The van der Waals surface area contributed by atoms with Crippen molar-refractivity contribution < 1.29 is 24.2 Å². The summed E-state index contributed by atoms with van der Waals surface area (Å²) in [7, 11) is 0. The van der Waals surface area contributed by atoms with Crippen molar-refractivity contribution >= 4 is 11.9 Å². The summed E-state index contributed by atoms with van der Waals surface area (Å²) in [5, 5.41) is 10.1. The van der Waals surface area contributed by atoms with Crippen LogP contribution in [0.2, 0.25) is 0 Å². The summed E-state index contributed by atoms with van der Waals surface area (Å²) in [5.74, 6) is -0.551. The lowest BCUT2D eigenvalue weighted by Gasteiger charge is -2.12. The van der Waals surface area contributed by atoms with Gasteiger partial charge >= 0.3 is 11.9 Å². The first-order valence-electron chi connectivity index (χ1n) is 24.2.